The van der Waals surface area contributed by atoms with Crippen LogP contribution in [0.5, 0.6) is 0 Å². The third kappa shape index (κ3) is 5.51. The van der Waals surface area contributed by atoms with Gasteiger partial charge in [-0.1, -0.05) is 20.8 Å². The Labute approximate surface area is 131 Å². The van der Waals surface area contributed by atoms with Crippen LogP contribution >= 0.6 is 0 Å². The molecule has 0 amide bonds. The molecule has 0 atom stereocenters. The topological polar surface area (TPSA) is 52.7 Å². The van der Waals surface area contributed by atoms with Gasteiger partial charge < -0.3 is 5.32 Å². The van der Waals surface area contributed by atoms with E-state index >= 15 is 0 Å². The van der Waals surface area contributed by atoms with E-state index in [0.717, 1.165) is 25.8 Å². The molecule has 5 nitrogen and oxygen atoms in total. The van der Waals surface area contributed by atoms with Gasteiger partial charge in [0.15, 0.2) is 0 Å². The largest absolute Gasteiger partial charge is 0.314 e. The number of piperidine rings is 1. The van der Waals surface area contributed by atoms with Crippen molar-refractivity contribution >= 4 is 10.2 Å². The van der Waals surface area contributed by atoms with Gasteiger partial charge in [0, 0.05) is 31.7 Å². The Kier molecular flexibility index (Phi) is 7.60. The summed E-state index contributed by atoms with van der Waals surface area (Å²) in [6.07, 6.45) is 2.76. The molecule has 0 spiro atoms. The lowest BCUT2D eigenvalue weighted by Crippen LogP contribution is -2.50. The van der Waals surface area contributed by atoms with E-state index in [9.17, 15) is 8.42 Å². The van der Waals surface area contributed by atoms with Crippen molar-refractivity contribution in [2.45, 2.75) is 66.0 Å². The Morgan fingerprint density at radius 3 is 2.19 bits per heavy atom. The second kappa shape index (κ2) is 8.46. The van der Waals surface area contributed by atoms with Crippen molar-refractivity contribution in [1.29, 1.82) is 0 Å². The maximum atomic E-state index is 12.7. The highest BCUT2D eigenvalue weighted by molar-refractivity contribution is 7.86. The van der Waals surface area contributed by atoms with E-state index in [0.29, 0.717) is 31.6 Å². The molecular formula is C15H33N3O2S. The van der Waals surface area contributed by atoms with E-state index in [4.69, 9.17) is 0 Å². The first-order valence-corrected chi connectivity index (χ1v) is 9.69. The van der Waals surface area contributed by atoms with Crippen LogP contribution in [-0.2, 0) is 10.2 Å². The van der Waals surface area contributed by atoms with Crippen molar-refractivity contribution in [1.82, 2.24) is 13.9 Å². The Bertz CT molecular complexity index is 388. The smallest absolute Gasteiger partial charge is 0.282 e. The summed E-state index contributed by atoms with van der Waals surface area (Å²) in [7, 11) is -3.29. The fourth-order valence-corrected chi connectivity index (χ4v) is 4.67. The zero-order valence-corrected chi connectivity index (χ0v) is 15.1. The van der Waals surface area contributed by atoms with Crippen LogP contribution in [0.1, 0.15) is 53.9 Å². The highest BCUT2D eigenvalue weighted by Gasteiger charge is 2.33. The molecule has 0 radical (unpaired) electrons. The van der Waals surface area contributed by atoms with E-state index in [2.05, 4.69) is 19.2 Å². The highest BCUT2D eigenvalue weighted by Crippen LogP contribution is 2.22. The summed E-state index contributed by atoms with van der Waals surface area (Å²) in [6, 6.07) is 0.517. The second-order valence-electron chi connectivity index (χ2n) is 6.62. The molecule has 1 saturated heterocycles. The van der Waals surface area contributed by atoms with E-state index < -0.39 is 10.2 Å². The number of rotatable bonds is 8. The van der Waals surface area contributed by atoms with E-state index in [1.807, 2.05) is 20.8 Å². The van der Waals surface area contributed by atoms with Crippen LogP contribution in [0.3, 0.4) is 0 Å². The monoisotopic (exact) mass is 319 g/mol. The van der Waals surface area contributed by atoms with Gasteiger partial charge in [0.1, 0.15) is 0 Å². The van der Waals surface area contributed by atoms with Crippen LogP contribution in [0.4, 0.5) is 0 Å². The summed E-state index contributed by atoms with van der Waals surface area (Å²) in [5, 5.41) is 3.45. The molecule has 0 aromatic rings. The molecule has 1 aliphatic rings. The van der Waals surface area contributed by atoms with Crippen molar-refractivity contribution in [3.8, 4) is 0 Å². The van der Waals surface area contributed by atoms with Gasteiger partial charge in [0.05, 0.1) is 0 Å². The van der Waals surface area contributed by atoms with Gasteiger partial charge in [0.2, 0.25) is 0 Å². The van der Waals surface area contributed by atoms with Crippen molar-refractivity contribution in [2.75, 3.05) is 26.2 Å². The third-order valence-electron chi connectivity index (χ3n) is 4.03. The van der Waals surface area contributed by atoms with E-state index in [-0.39, 0.29) is 6.04 Å². The highest BCUT2D eigenvalue weighted by atomic mass is 32.2. The molecule has 1 rings (SSSR count). The average Bonchev–Trinajstić information content (AvgIpc) is 2.42. The second-order valence-corrected chi connectivity index (χ2v) is 8.50. The minimum atomic E-state index is -3.29. The third-order valence-corrected chi connectivity index (χ3v) is 6.25. The predicted octanol–water partition coefficient (Wildman–Crippen LogP) is 2.06. The van der Waals surface area contributed by atoms with Crippen LogP contribution in [0.2, 0.25) is 0 Å². The first-order chi connectivity index (χ1) is 9.78. The van der Waals surface area contributed by atoms with Gasteiger partial charge in [-0.15, -0.1) is 0 Å². The molecule has 1 N–H and O–H groups in total. The molecule has 126 valence electrons. The van der Waals surface area contributed by atoms with Crippen LogP contribution < -0.4 is 5.32 Å². The average molecular weight is 320 g/mol. The molecule has 0 aromatic heterocycles. The lowest BCUT2D eigenvalue weighted by Gasteiger charge is -2.36. The Balaban J connectivity index is 2.59. The van der Waals surface area contributed by atoms with Crippen molar-refractivity contribution in [2.24, 2.45) is 5.92 Å². The van der Waals surface area contributed by atoms with Crippen LogP contribution in [0.15, 0.2) is 0 Å². The molecule has 6 heteroatoms. The minimum absolute atomic E-state index is 0.0234. The van der Waals surface area contributed by atoms with E-state index in [1.165, 1.54) is 0 Å². The molecular weight excluding hydrogens is 286 g/mol. The maximum absolute atomic E-state index is 12.7. The number of nitrogens with zero attached hydrogens (tertiary/aromatic N) is 2. The fourth-order valence-electron chi connectivity index (χ4n) is 2.76. The molecule has 0 unspecified atom stereocenters. The summed E-state index contributed by atoms with van der Waals surface area (Å²) in [5.74, 6) is 0.595. The minimum Gasteiger partial charge on any atom is -0.314 e. The number of hydrogen-bond acceptors (Lipinski definition) is 3. The summed E-state index contributed by atoms with van der Waals surface area (Å²) < 4.78 is 28.8. The molecule has 1 aliphatic heterocycles. The summed E-state index contributed by atoms with van der Waals surface area (Å²) >= 11 is 0. The van der Waals surface area contributed by atoms with Gasteiger partial charge in [-0.2, -0.15) is 17.0 Å². The van der Waals surface area contributed by atoms with E-state index in [1.54, 1.807) is 8.61 Å². The summed E-state index contributed by atoms with van der Waals surface area (Å²) in [5.41, 5.74) is 0. The Morgan fingerprint density at radius 1 is 1.19 bits per heavy atom. The molecule has 0 saturated carbocycles. The van der Waals surface area contributed by atoms with Crippen molar-refractivity contribution < 1.29 is 8.42 Å². The Morgan fingerprint density at radius 2 is 1.76 bits per heavy atom. The van der Waals surface area contributed by atoms with Gasteiger partial charge >= 0.3 is 0 Å². The molecule has 1 fully saturated rings. The first kappa shape index (κ1) is 18.9. The lowest BCUT2D eigenvalue weighted by atomic mass is 9.98. The van der Waals surface area contributed by atoms with Crippen molar-refractivity contribution in [3.63, 3.8) is 0 Å². The number of nitrogens with one attached hydrogen (secondary N) is 1. The SMILES string of the molecule is CCCN(C(C)C)S(=O)(=O)N1CCC(CNC(C)C)CC1. The predicted molar refractivity (Wildman–Crippen MR) is 88.5 cm³/mol. The quantitative estimate of drug-likeness (QED) is 0.745. The molecule has 21 heavy (non-hydrogen) atoms. The van der Waals surface area contributed by atoms with Crippen LogP contribution in [-0.4, -0.2) is 55.3 Å². The van der Waals surface area contributed by atoms with Crippen LogP contribution in [0, 0.1) is 5.92 Å². The van der Waals surface area contributed by atoms with Gasteiger partial charge in [0.25, 0.3) is 10.2 Å². The Hall–Kier alpha value is -0.170. The molecule has 0 aromatic carbocycles. The van der Waals surface area contributed by atoms with Crippen molar-refractivity contribution in [3.05, 3.63) is 0 Å². The maximum Gasteiger partial charge on any atom is 0.282 e. The van der Waals surface area contributed by atoms with Crippen LogP contribution in [0.25, 0.3) is 0 Å². The number of hydrogen-bond donors (Lipinski definition) is 1. The first-order valence-electron chi connectivity index (χ1n) is 8.29. The summed E-state index contributed by atoms with van der Waals surface area (Å²) in [4.78, 5) is 0. The van der Waals surface area contributed by atoms with Gasteiger partial charge in [-0.05, 0) is 45.6 Å². The standard InChI is InChI=1S/C15H33N3O2S/c1-6-9-18(14(4)5)21(19,20)17-10-7-15(8-11-17)12-16-13(2)3/h13-16H,6-12H2,1-5H3. The summed E-state index contributed by atoms with van der Waals surface area (Å²) in [6.45, 7) is 13.1. The zero-order chi connectivity index (χ0) is 16.0. The fraction of sp³-hybridized carbons (Fsp3) is 1.00. The van der Waals surface area contributed by atoms with Gasteiger partial charge in [-0.25, -0.2) is 0 Å². The molecule has 0 aliphatic carbocycles. The molecule has 1 heterocycles. The van der Waals surface area contributed by atoms with Gasteiger partial charge in [-0.3, -0.25) is 0 Å². The lowest BCUT2D eigenvalue weighted by molar-refractivity contribution is 0.238. The normalized spacial score (nSPS) is 19.0. The zero-order valence-electron chi connectivity index (χ0n) is 14.3. The molecule has 0 bridgehead atoms.